The van der Waals surface area contributed by atoms with E-state index < -0.39 is 0 Å². The standard InChI is InChI=1S/C13H29NO3/c1-6-13(3,4)14-11-12(2)17-10-9-16-8-7-15-5/h12,14H,6-11H2,1-5H3. The van der Waals surface area contributed by atoms with Gasteiger partial charge in [-0.3, -0.25) is 0 Å². The summed E-state index contributed by atoms with van der Waals surface area (Å²) in [5.74, 6) is 0. The Labute approximate surface area is 106 Å². The lowest BCUT2D eigenvalue weighted by Gasteiger charge is -2.26. The lowest BCUT2D eigenvalue weighted by atomic mass is 10.0. The van der Waals surface area contributed by atoms with Crippen molar-refractivity contribution in [1.29, 1.82) is 0 Å². The van der Waals surface area contributed by atoms with Gasteiger partial charge in [0.25, 0.3) is 0 Å². The van der Waals surface area contributed by atoms with Gasteiger partial charge in [0.1, 0.15) is 0 Å². The van der Waals surface area contributed by atoms with Gasteiger partial charge in [0, 0.05) is 19.2 Å². The predicted molar refractivity (Wildman–Crippen MR) is 70.5 cm³/mol. The Kier molecular flexibility index (Phi) is 9.74. The van der Waals surface area contributed by atoms with E-state index in [1.54, 1.807) is 7.11 Å². The van der Waals surface area contributed by atoms with E-state index in [1.165, 1.54) is 0 Å². The van der Waals surface area contributed by atoms with Gasteiger partial charge in [-0.1, -0.05) is 6.92 Å². The molecule has 0 saturated carbocycles. The third kappa shape index (κ3) is 10.7. The lowest BCUT2D eigenvalue weighted by molar-refractivity contribution is -0.00171. The van der Waals surface area contributed by atoms with Crippen LogP contribution in [0.4, 0.5) is 0 Å². The van der Waals surface area contributed by atoms with E-state index in [0.717, 1.165) is 13.0 Å². The number of nitrogens with one attached hydrogen (secondary N) is 1. The van der Waals surface area contributed by atoms with Crippen LogP contribution in [0.3, 0.4) is 0 Å². The summed E-state index contributed by atoms with van der Waals surface area (Å²) in [5.41, 5.74) is 0.187. The highest BCUT2D eigenvalue weighted by Crippen LogP contribution is 2.06. The van der Waals surface area contributed by atoms with Gasteiger partial charge in [0.05, 0.1) is 32.5 Å². The van der Waals surface area contributed by atoms with Crippen molar-refractivity contribution in [2.75, 3.05) is 40.1 Å². The van der Waals surface area contributed by atoms with Crippen LogP contribution in [0, 0.1) is 0 Å². The largest absolute Gasteiger partial charge is 0.382 e. The third-order valence-corrected chi connectivity index (χ3v) is 2.81. The minimum absolute atomic E-state index is 0.187. The van der Waals surface area contributed by atoms with E-state index in [-0.39, 0.29) is 11.6 Å². The van der Waals surface area contributed by atoms with E-state index in [4.69, 9.17) is 14.2 Å². The fourth-order valence-electron chi connectivity index (χ4n) is 1.16. The van der Waals surface area contributed by atoms with Crippen LogP contribution >= 0.6 is 0 Å². The summed E-state index contributed by atoms with van der Waals surface area (Å²) in [5, 5.41) is 3.48. The second kappa shape index (κ2) is 9.83. The third-order valence-electron chi connectivity index (χ3n) is 2.81. The first-order valence-electron chi connectivity index (χ1n) is 6.45. The highest BCUT2D eigenvalue weighted by Gasteiger charge is 2.14. The first kappa shape index (κ1) is 16.8. The highest BCUT2D eigenvalue weighted by molar-refractivity contribution is 4.76. The molecule has 0 aromatic carbocycles. The Morgan fingerprint density at radius 2 is 1.76 bits per heavy atom. The maximum atomic E-state index is 5.63. The first-order valence-corrected chi connectivity index (χ1v) is 6.45. The van der Waals surface area contributed by atoms with Crippen molar-refractivity contribution < 1.29 is 14.2 Å². The van der Waals surface area contributed by atoms with Crippen LogP contribution < -0.4 is 5.32 Å². The van der Waals surface area contributed by atoms with Crippen molar-refractivity contribution in [2.24, 2.45) is 0 Å². The molecular formula is C13H29NO3. The fraction of sp³-hybridized carbons (Fsp3) is 1.00. The summed E-state index contributed by atoms with van der Waals surface area (Å²) in [6, 6.07) is 0. The van der Waals surface area contributed by atoms with Gasteiger partial charge >= 0.3 is 0 Å². The average molecular weight is 247 g/mol. The molecule has 0 saturated heterocycles. The molecule has 1 N–H and O–H groups in total. The number of rotatable bonds is 11. The zero-order valence-electron chi connectivity index (χ0n) is 12.0. The predicted octanol–water partition coefficient (Wildman–Crippen LogP) is 1.83. The van der Waals surface area contributed by atoms with Gasteiger partial charge in [-0.15, -0.1) is 0 Å². The summed E-state index contributed by atoms with van der Waals surface area (Å²) < 4.78 is 15.8. The Bertz CT molecular complexity index is 174. The van der Waals surface area contributed by atoms with Crippen molar-refractivity contribution in [3.05, 3.63) is 0 Å². The SMILES string of the molecule is CCC(C)(C)NCC(C)OCCOCCOC. The summed E-state index contributed by atoms with van der Waals surface area (Å²) in [6.45, 7) is 12.1. The van der Waals surface area contributed by atoms with Gasteiger partial charge < -0.3 is 19.5 Å². The van der Waals surface area contributed by atoms with Gasteiger partial charge in [0.15, 0.2) is 0 Å². The number of hydrogen-bond acceptors (Lipinski definition) is 4. The van der Waals surface area contributed by atoms with Crippen LogP contribution in [-0.2, 0) is 14.2 Å². The van der Waals surface area contributed by atoms with E-state index in [2.05, 4.69) is 33.0 Å². The molecule has 0 aromatic heterocycles. The zero-order chi connectivity index (χ0) is 13.1. The van der Waals surface area contributed by atoms with Gasteiger partial charge in [-0.25, -0.2) is 0 Å². The van der Waals surface area contributed by atoms with Crippen molar-refractivity contribution >= 4 is 0 Å². The molecule has 0 rings (SSSR count). The summed E-state index contributed by atoms with van der Waals surface area (Å²) in [7, 11) is 1.67. The molecule has 1 unspecified atom stereocenters. The molecular weight excluding hydrogens is 218 g/mol. The van der Waals surface area contributed by atoms with Gasteiger partial charge in [0.2, 0.25) is 0 Å². The van der Waals surface area contributed by atoms with E-state index in [0.29, 0.717) is 26.4 Å². The molecule has 0 amide bonds. The van der Waals surface area contributed by atoms with Gasteiger partial charge in [-0.05, 0) is 27.2 Å². The highest BCUT2D eigenvalue weighted by atomic mass is 16.5. The van der Waals surface area contributed by atoms with Crippen LogP contribution in [0.25, 0.3) is 0 Å². The van der Waals surface area contributed by atoms with Crippen LogP contribution in [0.5, 0.6) is 0 Å². The Hall–Kier alpha value is -0.160. The lowest BCUT2D eigenvalue weighted by Crippen LogP contribution is -2.42. The molecule has 4 heteroatoms. The van der Waals surface area contributed by atoms with Crippen molar-refractivity contribution in [3.63, 3.8) is 0 Å². The number of ether oxygens (including phenoxy) is 3. The summed E-state index contributed by atoms with van der Waals surface area (Å²) in [6.07, 6.45) is 1.33. The molecule has 0 radical (unpaired) electrons. The van der Waals surface area contributed by atoms with Crippen LogP contribution in [0.1, 0.15) is 34.1 Å². The molecule has 0 aromatic rings. The van der Waals surface area contributed by atoms with Crippen LogP contribution in [0.15, 0.2) is 0 Å². The van der Waals surface area contributed by atoms with Crippen molar-refractivity contribution in [2.45, 2.75) is 45.8 Å². The minimum atomic E-state index is 0.187. The first-order chi connectivity index (χ1) is 8.02. The maximum absolute atomic E-state index is 5.63. The number of methoxy groups -OCH3 is 1. The summed E-state index contributed by atoms with van der Waals surface area (Å²) in [4.78, 5) is 0. The van der Waals surface area contributed by atoms with E-state index in [9.17, 15) is 0 Å². The molecule has 1 atom stereocenters. The summed E-state index contributed by atoms with van der Waals surface area (Å²) >= 11 is 0. The maximum Gasteiger partial charge on any atom is 0.0704 e. The quantitative estimate of drug-likeness (QED) is 0.565. The topological polar surface area (TPSA) is 39.7 Å². The molecule has 0 heterocycles. The average Bonchev–Trinajstić information content (AvgIpc) is 2.31. The fourth-order valence-corrected chi connectivity index (χ4v) is 1.16. The Morgan fingerprint density at radius 1 is 1.12 bits per heavy atom. The van der Waals surface area contributed by atoms with Gasteiger partial charge in [-0.2, -0.15) is 0 Å². The Balaban J connectivity index is 3.37. The molecule has 4 nitrogen and oxygen atoms in total. The van der Waals surface area contributed by atoms with Crippen LogP contribution in [-0.4, -0.2) is 51.7 Å². The van der Waals surface area contributed by atoms with Crippen LogP contribution in [0.2, 0.25) is 0 Å². The van der Waals surface area contributed by atoms with E-state index in [1.807, 2.05) is 0 Å². The Morgan fingerprint density at radius 3 is 2.35 bits per heavy atom. The monoisotopic (exact) mass is 247 g/mol. The number of hydrogen-bond donors (Lipinski definition) is 1. The normalized spacial score (nSPS) is 13.9. The van der Waals surface area contributed by atoms with Crippen molar-refractivity contribution in [3.8, 4) is 0 Å². The molecule has 0 aliphatic heterocycles. The molecule has 17 heavy (non-hydrogen) atoms. The molecule has 0 fully saturated rings. The molecule has 0 bridgehead atoms. The zero-order valence-corrected chi connectivity index (χ0v) is 12.0. The minimum Gasteiger partial charge on any atom is -0.382 e. The van der Waals surface area contributed by atoms with Crippen molar-refractivity contribution in [1.82, 2.24) is 5.32 Å². The molecule has 0 aliphatic carbocycles. The van der Waals surface area contributed by atoms with E-state index >= 15 is 0 Å². The molecule has 104 valence electrons. The second-order valence-electron chi connectivity index (χ2n) is 4.90. The molecule has 0 spiro atoms. The second-order valence-corrected chi connectivity index (χ2v) is 4.90. The molecule has 0 aliphatic rings. The smallest absolute Gasteiger partial charge is 0.0704 e.